The average Bonchev–Trinajstić information content (AvgIpc) is 3.36. The molecule has 1 aromatic heterocycles. The largest absolute Gasteiger partial charge is 0.489 e. The molecule has 0 spiro atoms. The molecule has 2 aromatic rings. The van der Waals surface area contributed by atoms with Gasteiger partial charge in [0.2, 0.25) is 0 Å². The van der Waals surface area contributed by atoms with E-state index in [0.29, 0.717) is 10.7 Å². The fourth-order valence-electron chi connectivity index (χ4n) is 5.36. The van der Waals surface area contributed by atoms with Gasteiger partial charge in [-0.25, -0.2) is 19.0 Å². The van der Waals surface area contributed by atoms with Crippen LogP contribution in [0.25, 0.3) is 11.3 Å². The first-order chi connectivity index (χ1) is 18.5. The maximum absolute atomic E-state index is 16.2. The quantitative estimate of drug-likeness (QED) is 0.408. The summed E-state index contributed by atoms with van der Waals surface area (Å²) in [7, 11) is 1.39. The topological polar surface area (TPSA) is 81.2 Å². The van der Waals surface area contributed by atoms with Gasteiger partial charge in [-0.2, -0.15) is 0 Å². The fourth-order valence-corrected chi connectivity index (χ4v) is 6.33. The summed E-state index contributed by atoms with van der Waals surface area (Å²) in [5, 5.41) is 2.30. The number of hydrogen-bond acceptors (Lipinski definition) is 7. The number of ether oxygens (including phenoxy) is 3. The second kappa shape index (κ2) is 10.6. The molecular weight excluding hydrogens is 521 g/mol. The highest BCUT2D eigenvalue weighted by atomic mass is 32.1. The van der Waals surface area contributed by atoms with Crippen LogP contribution in [-0.4, -0.2) is 60.0 Å². The maximum Gasteiger partial charge on any atom is 0.414 e. The number of anilines is 1. The van der Waals surface area contributed by atoms with Crippen molar-refractivity contribution >= 4 is 29.2 Å². The van der Waals surface area contributed by atoms with Gasteiger partial charge in [-0.15, -0.1) is 11.3 Å². The van der Waals surface area contributed by atoms with E-state index in [1.165, 1.54) is 18.4 Å². The molecular formula is C29H38FN3O5S. The Morgan fingerprint density at radius 3 is 2.46 bits per heavy atom. The lowest BCUT2D eigenvalue weighted by molar-refractivity contribution is 0.00216. The van der Waals surface area contributed by atoms with E-state index in [-0.39, 0.29) is 44.2 Å². The van der Waals surface area contributed by atoms with E-state index in [1.54, 1.807) is 9.80 Å². The highest BCUT2D eigenvalue weighted by Gasteiger charge is 2.41. The highest BCUT2D eigenvalue weighted by Crippen LogP contribution is 2.46. The molecule has 39 heavy (non-hydrogen) atoms. The molecule has 5 rings (SSSR count). The number of piperidine rings is 1. The second-order valence-corrected chi connectivity index (χ2v) is 12.7. The number of thiazole rings is 1. The summed E-state index contributed by atoms with van der Waals surface area (Å²) in [6, 6.07) is 3.86. The molecule has 1 saturated heterocycles. The number of aromatic nitrogens is 1. The normalized spacial score (nSPS) is 21.1. The van der Waals surface area contributed by atoms with E-state index in [9.17, 15) is 9.59 Å². The Morgan fingerprint density at radius 2 is 1.85 bits per heavy atom. The van der Waals surface area contributed by atoms with E-state index >= 15 is 4.39 Å². The van der Waals surface area contributed by atoms with Gasteiger partial charge in [-0.05, 0) is 71.9 Å². The third-order valence-electron chi connectivity index (χ3n) is 7.83. The molecule has 1 aromatic carbocycles. The summed E-state index contributed by atoms with van der Waals surface area (Å²) in [6.45, 7) is 8.03. The van der Waals surface area contributed by atoms with Crippen LogP contribution in [0.4, 0.5) is 19.7 Å². The first kappa shape index (κ1) is 27.7. The molecule has 1 aliphatic carbocycles. The van der Waals surface area contributed by atoms with Crippen LogP contribution in [0.15, 0.2) is 17.5 Å². The Morgan fingerprint density at radius 1 is 1.13 bits per heavy atom. The van der Waals surface area contributed by atoms with Crippen molar-refractivity contribution in [1.82, 2.24) is 9.88 Å². The molecule has 2 amide bonds. The molecule has 10 heteroatoms. The maximum atomic E-state index is 16.2. The average molecular weight is 560 g/mol. The van der Waals surface area contributed by atoms with Crippen LogP contribution in [0, 0.1) is 0 Å². The van der Waals surface area contributed by atoms with Gasteiger partial charge in [-0.3, -0.25) is 4.90 Å². The van der Waals surface area contributed by atoms with E-state index in [1.807, 2.05) is 45.2 Å². The molecule has 1 unspecified atom stereocenters. The molecule has 3 heterocycles. The van der Waals surface area contributed by atoms with Crippen molar-refractivity contribution in [3.63, 3.8) is 0 Å². The molecule has 2 aliphatic heterocycles. The number of halogens is 1. The first-order valence-corrected chi connectivity index (χ1v) is 14.7. The Hall–Kier alpha value is -2.88. The number of carbonyl (C=O) groups excluding carboxylic acids is 2. The molecule has 8 nitrogen and oxygen atoms in total. The van der Waals surface area contributed by atoms with E-state index in [4.69, 9.17) is 19.2 Å². The number of carbonyl (C=O) groups is 2. The van der Waals surface area contributed by atoms with Gasteiger partial charge in [0.25, 0.3) is 0 Å². The smallest absolute Gasteiger partial charge is 0.414 e. The van der Waals surface area contributed by atoms with Gasteiger partial charge in [0.1, 0.15) is 16.4 Å². The minimum atomic E-state index is -1.61. The highest BCUT2D eigenvalue weighted by molar-refractivity contribution is 7.10. The molecule has 2 fully saturated rings. The van der Waals surface area contributed by atoms with Gasteiger partial charge in [-0.1, -0.05) is 0 Å². The Bertz CT molecular complexity index is 1230. The zero-order valence-corrected chi connectivity index (χ0v) is 24.2. The van der Waals surface area contributed by atoms with Crippen LogP contribution >= 0.6 is 11.3 Å². The van der Waals surface area contributed by atoms with Crippen LogP contribution < -0.4 is 9.64 Å². The second-order valence-electron chi connectivity index (χ2n) is 11.8. The summed E-state index contributed by atoms with van der Waals surface area (Å²) in [6.07, 6.45) is 4.33. The summed E-state index contributed by atoms with van der Waals surface area (Å²) in [5.41, 5.74) is 1.05. The van der Waals surface area contributed by atoms with Crippen molar-refractivity contribution in [2.75, 3.05) is 25.1 Å². The van der Waals surface area contributed by atoms with E-state index in [0.717, 1.165) is 54.7 Å². The van der Waals surface area contributed by atoms with Crippen LogP contribution in [-0.2, 0) is 21.6 Å². The molecule has 1 atom stereocenters. The minimum absolute atomic E-state index is 0.0103. The number of alkyl halides is 1. The zero-order chi connectivity index (χ0) is 27.9. The fraction of sp³-hybridized carbons (Fsp3) is 0.621. The Kier molecular flexibility index (Phi) is 7.52. The van der Waals surface area contributed by atoms with Crippen molar-refractivity contribution in [2.24, 2.45) is 0 Å². The van der Waals surface area contributed by atoms with Gasteiger partial charge in [0.05, 0.1) is 24.6 Å². The predicted octanol–water partition coefficient (Wildman–Crippen LogP) is 6.84. The SMILES string of the molecule is COC(=O)N1c2ccc(-c3csc(C4(F)CCN(C(=O)OC(C)(C)C)CC4)n3)c(OC3CCC3)c2CCC1C. The van der Waals surface area contributed by atoms with Crippen molar-refractivity contribution in [3.8, 4) is 17.0 Å². The molecule has 0 bridgehead atoms. The number of methoxy groups -OCH3 is 1. The number of hydrogen-bond donors (Lipinski definition) is 0. The van der Waals surface area contributed by atoms with Crippen molar-refractivity contribution in [1.29, 1.82) is 0 Å². The van der Waals surface area contributed by atoms with Crippen molar-refractivity contribution in [3.05, 3.63) is 28.1 Å². The molecule has 212 valence electrons. The third kappa shape index (κ3) is 5.58. The lowest BCUT2D eigenvalue weighted by Gasteiger charge is -2.37. The zero-order valence-electron chi connectivity index (χ0n) is 23.4. The van der Waals surface area contributed by atoms with Gasteiger partial charge < -0.3 is 19.1 Å². The van der Waals surface area contributed by atoms with Crippen LogP contribution in [0.1, 0.15) is 76.8 Å². The van der Waals surface area contributed by atoms with Crippen LogP contribution in [0.2, 0.25) is 0 Å². The first-order valence-electron chi connectivity index (χ1n) is 13.8. The van der Waals surface area contributed by atoms with Crippen LogP contribution in [0.5, 0.6) is 5.75 Å². The number of likely N-dealkylation sites (tertiary alicyclic amines) is 1. The van der Waals surface area contributed by atoms with Gasteiger partial charge in [0, 0.05) is 48.5 Å². The van der Waals surface area contributed by atoms with E-state index in [2.05, 4.69) is 0 Å². The number of amides is 2. The summed E-state index contributed by atoms with van der Waals surface area (Å²) in [5.74, 6) is 0.738. The molecule has 0 radical (unpaired) electrons. The van der Waals surface area contributed by atoms with E-state index < -0.39 is 17.4 Å². The van der Waals surface area contributed by atoms with Gasteiger partial charge >= 0.3 is 12.2 Å². The molecule has 0 N–H and O–H groups in total. The Balaban J connectivity index is 1.42. The number of rotatable bonds is 4. The minimum Gasteiger partial charge on any atom is -0.489 e. The number of nitrogens with zero attached hydrogens (tertiary/aromatic N) is 3. The Labute approximate surface area is 233 Å². The molecule has 3 aliphatic rings. The lowest BCUT2D eigenvalue weighted by atomic mass is 9.92. The van der Waals surface area contributed by atoms with Crippen molar-refractivity contribution in [2.45, 2.75) is 96.1 Å². The summed E-state index contributed by atoms with van der Waals surface area (Å²) >= 11 is 1.30. The third-order valence-corrected chi connectivity index (χ3v) is 8.85. The summed E-state index contributed by atoms with van der Waals surface area (Å²) < 4.78 is 33.2. The van der Waals surface area contributed by atoms with Crippen LogP contribution in [0.3, 0.4) is 0 Å². The number of benzene rings is 1. The van der Waals surface area contributed by atoms with Gasteiger partial charge in [0.15, 0.2) is 5.67 Å². The predicted molar refractivity (Wildman–Crippen MR) is 148 cm³/mol. The lowest BCUT2D eigenvalue weighted by Crippen LogP contribution is -2.45. The standard InChI is InChI=1S/C29H38FN3O5S/c1-18-9-10-21-23(33(18)27(35)36-5)12-11-20(24(21)37-19-7-6-8-19)22-17-39-25(31-22)29(30)13-15-32(16-14-29)26(34)38-28(2,3)4/h11-12,17-19H,6-10,13-16H2,1-5H3. The molecule has 1 saturated carbocycles. The monoisotopic (exact) mass is 559 g/mol. The summed E-state index contributed by atoms with van der Waals surface area (Å²) in [4.78, 5) is 33.1. The van der Waals surface area contributed by atoms with Crippen molar-refractivity contribution < 1.29 is 28.2 Å². The number of fused-ring (bicyclic) bond motifs is 1.